The summed E-state index contributed by atoms with van der Waals surface area (Å²) in [6.07, 6.45) is 5.13. The van der Waals surface area contributed by atoms with E-state index in [1.807, 2.05) is 24.3 Å². The second-order valence-corrected chi connectivity index (χ2v) is 7.17. The van der Waals surface area contributed by atoms with Gasteiger partial charge in [-0.15, -0.1) is 0 Å². The summed E-state index contributed by atoms with van der Waals surface area (Å²) in [5.74, 6) is 0. The van der Waals surface area contributed by atoms with Crippen LogP contribution in [0.1, 0.15) is 25.7 Å². The molecule has 6 heteroatoms. The van der Waals surface area contributed by atoms with E-state index in [-0.39, 0.29) is 0 Å². The number of nitrogens with one attached hydrogen (secondary N) is 1. The highest BCUT2D eigenvalue weighted by molar-refractivity contribution is 7.47. The zero-order chi connectivity index (χ0) is 13.8. The van der Waals surface area contributed by atoms with Gasteiger partial charge >= 0.3 is 0 Å². The molecule has 1 aromatic rings. The van der Waals surface area contributed by atoms with Crippen LogP contribution in [0.4, 0.5) is 11.4 Å². The van der Waals surface area contributed by atoms with Gasteiger partial charge in [0, 0.05) is 26.2 Å². The van der Waals surface area contributed by atoms with E-state index >= 15 is 0 Å². The summed E-state index contributed by atoms with van der Waals surface area (Å²) in [5.41, 5.74) is 10.6. The molecular weight excluding hydrogens is 271 g/mol. The minimum Gasteiger partial charge on any atom is -0.397 e. The van der Waals surface area contributed by atoms with Gasteiger partial charge in [0.05, 0.1) is 11.4 Å². The van der Waals surface area contributed by atoms with Crippen LogP contribution in [0.25, 0.3) is 0 Å². The maximum Gasteiger partial charge on any atom is 0.216 e. The Labute approximate surface area is 122 Å². The van der Waals surface area contributed by atoms with Gasteiger partial charge in [-0.3, -0.25) is 5.48 Å². The van der Waals surface area contributed by atoms with E-state index in [9.17, 15) is 0 Å². The molecule has 2 fully saturated rings. The summed E-state index contributed by atoms with van der Waals surface area (Å²) in [4.78, 5) is 0. The molecule has 0 spiro atoms. The summed E-state index contributed by atoms with van der Waals surface area (Å²) in [6.45, 7) is 4.59. The van der Waals surface area contributed by atoms with Crippen LogP contribution in [0, 0.1) is 0 Å². The number of nitrogen functional groups attached to an aromatic ring is 1. The monoisotopic (exact) mass is 294 g/mol. The second-order valence-electron chi connectivity index (χ2n) is 5.35. The summed E-state index contributed by atoms with van der Waals surface area (Å²) in [5, 5.41) is 0. The van der Waals surface area contributed by atoms with Crippen LogP contribution in [0.2, 0.25) is 0 Å². The first-order valence-electron chi connectivity index (χ1n) is 7.42. The molecule has 0 unspecified atom stereocenters. The van der Waals surface area contributed by atoms with E-state index in [0.29, 0.717) is 0 Å². The lowest BCUT2D eigenvalue weighted by molar-refractivity contribution is 0.331. The molecule has 0 amide bonds. The summed E-state index contributed by atoms with van der Waals surface area (Å²) >= 11 is 0. The normalized spacial score (nSPS) is 20.9. The molecular formula is C14H23N4OP. The van der Waals surface area contributed by atoms with Crippen molar-refractivity contribution >= 4 is 19.8 Å². The van der Waals surface area contributed by atoms with Crippen LogP contribution in [0.3, 0.4) is 0 Å². The fourth-order valence-electron chi connectivity index (χ4n) is 2.72. The first-order chi connectivity index (χ1) is 9.84. The Hall–Kier alpha value is -0.870. The van der Waals surface area contributed by atoms with Crippen molar-refractivity contribution in [1.82, 2.24) is 9.34 Å². The highest BCUT2D eigenvalue weighted by Crippen LogP contribution is 2.49. The molecule has 110 valence electrons. The Balaban J connectivity index is 1.65. The van der Waals surface area contributed by atoms with Gasteiger partial charge in [0.25, 0.3) is 0 Å². The van der Waals surface area contributed by atoms with Gasteiger partial charge in [-0.25, -0.2) is 14.0 Å². The van der Waals surface area contributed by atoms with Gasteiger partial charge in [-0.2, -0.15) is 0 Å². The number of hydrogen-bond donors (Lipinski definition) is 2. The maximum absolute atomic E-state index is 6.06. The predicted molar refractivity (Wildman–Crippen MR) is 84.1 cm³/mol. The molecule has 2 saturated heterocycles. The molecule has 3 rings (SSSR count). The van der Waals surface area contributed by atoms with Crippen molar-refractivity contribution in [1.29, 1.82) is 0 Å². The molecule has 20 heavy (non-hydrogen) atoms. The van der Waals surface area contributed by atoms with Crippen LogP contribution in [0.15, 0.2) is 24.3 Å². The minimum absolute atomic E-state index is 0.699. The topological polar surface area (TPSA) is 53.8 Å². The van der Waals surface area contributed by atoms with E-state index in [4.69, 9.17) is 10.4 Å². The molecule has 0 radical (unpaired) electrons. The van der Waals surface area contributed by atoms with Crippen molar-refractivity contribution in [3.63, 3.8) is 0 Å². The first kappa shape index (κ1) is 14.1. The molecule has 2 aliphatic rings. The fraction of sp³-hybridized carbons (Fsp3) is 0.571. The lowest BCUT2D eigenvalue weighted by Crippen LogP contribution is -2.27. The van der Waals surface area contributed by atoms with Crippen molar-refractivity contribution in [2.75, 3.05) is 37.4 Å². The van der Waals surface area contributed by atoms with Gasteiger partial charge in [-0.1, -0.05) is 12.1 Å². The van der Waals surface area contributed by atoms with Gasteiger partial charge in [0.1, 0.15) is 0 Å². The standard InChI is InChI=1S/C14H23N4OP/c15-13-7-1-2-8-14(13)16-19-20(17-9-3-4-10-17)18-11-5-6-12-18/h1-2,7-8,16H,3-6,9-12,15H2. The summed E-state index contributed by atoms with van der Waals surface area (Å²) in [7, 11) is -0.699. The average Bonchev–Trinajstić information content (AvgIpc) is 3.14. The van der Waals surface area contributed by atoms with Crippen molar-refractivity contribution < 1.29 is 4.62 Å². The number of para-hydroxylation sites is 2. The highest BCUT2D eigenvalue weighted by atomic mass is 31.2. The third-order valence-electron chi connectivity index (χ3n) is 3.85. The van der Waals surface area contributed by atoms with Gasteiger partial charge in [-0.05, 0) is 37.8 Å². The zero-order valence-electron chi connectivity index (χ0n) is 11.8. The Bertz CT molecular complexity index is 417. The Morgan fingerprint density at radius 1 is 0.950 bits per heavy atom. The average molecular weight is 294 g/mol. The molecule has 1 aromatic carbocycles. The lowest BCUT2D eigenvalue weighted by atomic mass is 10.3. The molecule has 0 aliphatic carbocycles. The summed E-state index contributed by atoms with van der Waals surface area (Å²) in [6, 6.07) is 7.75. The van der Waals surface area contributed by atoms with Crippen molar-refractivity contribution in [2.24, 2.45) is 0 Å². The smallest absolute Gasteiger partial charge is 0.216 e. The first-order valence-corrected chi connectivity index (χ1v) is 8.58. The highest BCUT2D eigenvalue weighted by Gasteiger charge is 2.31. The van der Waals surface area contributed by atoms with E-state index in [1.54, 1.807) is 0 Å². The van der Waals surface area contributed by atoms with Crippen LogP contribution in [-0.4, -0.2) is 35.5 Å². The van der Waals surface area contributed by atoms with Crippen molar-refractivity contribution in [2.45, 2.75) is 25.7 Å². The molecule has 0 saturated carbocycles. The van der Waals surface area contributed by atoms with Crippen LogP contribution < -0.4 is 11.2 Å². The van der Waals surface area contributed by atoms with Crippen LogP contribution in [-0.2, 0) is 4.62 Å². The summed E-state index contributed by atoms with van der Waals surface area (Å²) < 4.78 is 11.0. The lowest BCUT2D eigenvalue weighted by Gasteiger charge is -2.32. The van der Waals surface area contributed by atoms with Crippen molar-refractivity contribution in [3.05, 3.63) is 24.3 Å². The Morgan fingerprint density at radius 3 is 2.05 bits per heavy atom. The van der Waals surface area contributed by atoms with E-state index < -0.39 is 8.45 Å². The van der Waals surface area contributed by atoms with Crippen molar-refractivity contribution in [3.8, 4) is 0 Å². The molecule has 3 N–H and O–H groups in total. The fourth-order valence-corrected chi connectivity index (χ4v) is 4.74. The number of benzene rings is 1. The van der Waals surface area contributed by atoms with E-state index in [1.165, 1.54) is 25.7 Å². The minimum atomic E-state index is -0.699. The number of nitrogens with two attached hydrogens (primary N) is 1. The SMILES string of the molecule is Nc1ccccc1NOP(N1CCCC1)N1CCCC1. The molecule has 0 aromatic heterocycles. The van der Waals surface area contributed by atoms with Crippen LogP contribution >= 0.6 is 8.45 Å². The molecule has 2 aliphatic heterocycles. The van der Waals surface area contributed by atoms with Gasteiger partial charge in [0.2, 0.25) is 8.45 Å². The second kappa shape index (κ2) is 6.72. The number of hydrogen-bond acceptors (Lipinski definition) is 5. The predicted octanol–water partition coefficient (Wildman–Crippen LogP) is 3.03. The zero-order valence-corrected chi connectivity index (χ0v) is 12.7. The Kier molecular flexibility index (Phi) is 4.73. The van der Waals surface area contributed by atoms with Gasteiger partial charge < -0.3 is 5.73 Å². The Morgan fingerprint density at radius 2 is 1.50 bits per heavy atom. The molecule has 0 bridgehead atoms. The number of nitrogens with zero attached hydrogens (tertiary/aromatic N) is 2. The van der Waals surface area contributed by atoms with E-state index in [0.717, 1.165) is 37.6 Å². The maximum atomic E-state index is 6.06. The molecule has 2 heterocycles. The third kappa shape index (κ3) is 3.23. The van der Waals surface area contributed by atoms with Gasteiger partial charge in [0.15, 0.2) is 0 Å². The quantitative estimate of drug-likeness (QED) is 0.496. The third-order valence-corrected chi connectivity index (χ3v) is 5.87. The van der Waals surface area contributed by atoms with E-state index in [2.05, 4.69) is 14.8 Å². The number of anilines is 2. The number of rotatable bonds is 5. The molecule has 0 atom stereocenters. The largest absolute Gasteiger partial charge is 0.397 e. The molecule has 5 nitrogen and oxygen atoms in total. The van der Waals surface area contributed by atoms with Crippen LogP contribution in [0.5, 0.6) is 0 Å².